The molecule has 0 aromatic heterocycles. The molecule has 1 unspecified atom stereocenters. The van der Waals surface area contributed by atoms with Crippen LogP contribution in [-0.2, 0) is 10.0 Å². The number of hydrogen-bond acceptors (Lipinski definition) is 2. The van der Waals surface area contributed by atoms with E-state index in [0.717, 1.165) is 10.1 Å². The number of allylic oxidation sites excluding steroid dienone is 3. The van der Waals surface area contributed by atoms with Crippen LogP contribution in [0.25, 0.3) is 0 Å². The van der Waals surface area contributed by atoms with E-state index in [1.165, 1.54) is 7.05 Å². The van der Waals surface area contributed by atoms with Gasteiger partial charge in [-0.15, -0.1) is 0 Å². The first-order valence-corrected chi connectivity index (χ1v) is 6.28. The number of hydrogen-bond donors (Lipinski definition) is 1. The van der Waals surface area contributed by atoms with Crippen molar-refractivity contribution in [1.82, 2.24) is 4.72 Å². The molecule has 1 rings (SSSR count). The molecule has 0 heterocycles. The Bertz CT molecular complexity index is 356. The molecule has 0 aliphatic heterocycles. The first kappa shape index (κ1) is 10.9. The van der Waals surface area contributed by atoms with Gasteiger partial charge in [0.1, 0.15) is 0 Å². The van der Waals surface area contributed by atoms with Gasteiger partial charge in [-0.2, -0.15) is 0 Å². The molecule has 1 aliphatic rings. The Morgan fingerprint density at radius 2 is 2.23 bits per heavy atom. The van der Waals surface area contributed by atoms with Gasteiger partial charge in [-0.1, -0.05) is 28.1 Å². The molecule has 0 saturated heterocycles. The Kier molecular flexibility index (Phi) is 3.32. The van der Waals surface area contributed by atoms with E-state index in [0.29, 0.717) is 6.42 Å². The molecule has 0 radical (unpaired) electrons. The minimum atomic E-state index is -3.17. The summed E-state index contributed by atoms with van der Waals surface area (Å²) in [6.45, 7) is 1.89. The highest BCUT2D eigenvalue weighted by molar-refractivity contribution is 9.12. The molecule has 0 aromatic rings. The van der Waals surface area contributed by atoms with Crippen LogP contribution < -0.4 is 4.72 Å². The lowest BCUT2D eigenvalue weighted by atomic mass is 10.1. The van der Waals surface area contributed by atoms with Crippen molar-refractivity contribution in [3.8, 4) is 0 Å². The van der Waals surface area contributed by atoms with Crippen molar-refractivity contribution in [2.75, 3.05) is 7.05 Å². The molecule has 1 N–H and O–H groups in total. The lowest BCUT2D eigenvalue weighted by Crippen LogP contribution is -2.31. The lowest BCUT2D eigenvalue weighted by molar-refractivity contribution is 0.579. The fourth-order valence-corrected chi connectivity index (χ4v) is 2.53. The van der Waals surface area contributed by atoms with Crippen molar-refractivity contribution < 1.29 is 8.42 Å². The monoisotopic (exact) mass is 265 g/mol. The van der Waals surface area contributed by atoms with E-state index < -0.39 is 15.3 Å². The Morgan fingerprint density at radius 3 is 2.69 bits per heavy atom. The molecule has 5 heteroatoms. The molecule has 3 nitrogen and oxygen atoms in total. The summed E-state index contributed by atoms with van der Waals surface area (Å²) in [6.07, 6.45) is 4.17. The molecule has 0 amide bonds. The zero-order chi connectivity index (χ0) is 10.1. The van der Waals surface area contributed by atoms with Crippen LogP contribution in [-0.4, -0.2) is 20.7 Å². The molecule has 0 aromatic carbocycles. The number of halogens is 1. The molecular formula is C8H12BrNO2S. The van der Waals surface area contributed by atoms with Crippen LogP contribution in [0.15, 0.2) is 22.2 Å². The maximum absolute atomic E-state index is 11.4. The van der Waals surface area contributed by atoms with Crippen molar-refractivity contribution in [3.05, 3.63) is 22.2 Å². The maximum Gasteiger partial charge on any atom is 0.218 e. The second-order valence-electron chi connectivity index (χ2n) is 2.93. The van der Waals surface area contributed by atoms with E-state index in [1.807, 2.05) is 13.0 Å². The van der Waals surface area contributed by atoms with Crippen molar-refractivity contribution in [2.24, 2.45) is 0 Å². The second-order valence-corrected chi connectivity index (χ2v) is 5.88. The molecular weight excluding hydrogens is 254 g/mol. The summed E-state index contributed by atoms with van der Waals surface area (Å²) in [5.74, 6) is 0. The third kappa shape index (κ3) is 2.42. The third-order valence-corrected chi connectivity index (χ3v) is 4.67. The SMILES string of the molecule is CNS(=O)(=O)C1C=C(C)C(Br)=CC1. The number of sulfonamides is 1. The zero-order valence-corrected chi connectivity index (χ0v) is 9.94. The largest absolute Gasteiger partial charge is 0.218 e. The molecule has 74 valence electrons. The van der Waals surface area contributed by atoms with Gasteiger partial charge in [-0.05, 0) is 26.0 Å². The summed E-state index contributed by atoms with van der Waals surface area (Å²) in [7, 11) is -1.73. The molecule has 1 aliphatic carbocycles. The van der Waals surface area contributed by atoms with Gasteiger partial charge in [0.2, 0.25) is 10.0 Å². The van der Waals surface area contributed by atoms with Crippen LogP contribution in [0.1, 0.15) is 13.3 Å². The summed E-state index contributed by atoms with van der Waals surface area (Å²) < 4.78 is 26.1. The minimum absolute atomic E-state index is 0.432. The minimum Gasteiger partial charge on any atom is -0.218 e. The average Bonchev–Trinajstić information content (AvgIpc) is 2.09. The molecule has 0 fully saturated rings. The van der Waals surface area contributed by atoms with Crippen LogP contribution in [0.5, 0.6) is 0 Å². The zero-order valence-electron chi connectivity index (χ0n) is 7.54. The van der Waals surface area contributed by atoms with Crippen LogP contribution >= 0.6 is 15.9 Å². The highest BCUT2D eigenvalue weighted by atomic mass is 79.9. The molecule has 13 heavy (non-hydrogen) atoms. The van der Waals surface area contributed by atoms with E-state index >= 15 is 0 Å². The summed E-state index contributed by atoms with van der Waals surface area (Å²) >= 11 is 3.35. The van der Waals surface area contributed by atoms with Gasteiger partial charge in [-0.3, -0.25) is 0 Å². The summed E-state index contributed by atoms with van der Waals surface area (Å²) in [4.78, 5) is 0. The Morgan fingerprint density at radius 1 is 1.62 bits per heavy atom. The Hall–Kier alpha value is -0.130. The van der Waals surface area contributed by atoms with Gasteiger partial charge in [-0.25, -0.2) is 13.1 Å². The predicted octanol–water partition coefficient (Wildman–Crippen LogP) is 1.53. The van der Waals surface area contributed by atoms with Crippen LogP contribution in [0.2, 0.25) is 0 Å². The molecule has 1 atom stereocenters. The van der Waals surface area contributed by atoms with E-state index in [2.05, 4.69) is 20.7 Å². The fraction of sp³-hybridized carbons (Fsp3) is 0.500. The van der Waals surface area contributed by atoms with E-state index in [9.17, 15) is 8.42 Å². The molecule has 0 saturated carbocycles. The van der Waals surface area contributed by atoms with Crippen molar-refractivity contribution in [1.29, 1.82) is 0 Å². The predicted molar refractivity (Wildman–Crippen MR) is 57.2 cm³/mol. The lowest BCUT2D eigenvalue weighted by Gasteiger charge is -2.16. The van der Waals surface area contributed by atoms with Gasteiger partial charge < -0.3 is 0 Å². The van der Waals surface area contributed by atoms with E-state index in [1.54, 1.807) is 6.08 Å². The maximum atomic E-state index is 11.4. The first-order chi connectivity index (χ1) is 5.97. The normalized spacial score (nSPS) is 23.8. The third-order valence-electron chi connectivity index (χ3n) is 2.03. The van der Waals surface area contributed by atoms with Gasteiger partial charge >= 0.3 is 0 Å². The fourth-order valence-electron chi connectivity index (χ4n) is 1.17. The molecule has 0 bridgehead atoms. The highest BCUT2D eigenvalue weighted by Crippen LogP contribution is 2.25. The summed E-state index contributed by atoms with van der Waals surface area (Å²) in [6, 6.07) is 0. The van der Waals surface area contributed by atoms with Crippen LogP contribution in [0, 0.1) is 0 Å². The van der Waals surface area contributed by atoms with Crippen molar-refractivity contribution in [3.63, 3.8) is 0 Å². The van der Waals surface area contributed by atoms with Gasteiger partial charge in [0, 0.05) is 4.48 Å². The first-order valence-electron chi connectivity index (χ1n) is 3.94. The molecule has 0 spiro atoms. The summed E-state index contributed by atoms with van der Waals surface area (Å²) in [5.41, 5.74) is 0.968. The van der Waals surface area contributed by atoms with Crippen molar-refractivity contribution in [2.45, 2.75) is 18.6 Å². The van der Waals surface area contributed by atoms with Gasteiger partial charge in [0.15, 0.2) is 0 Å². The average molecular weight is 266 g/mol. The van der Waals surface area contributed by atoms with Crippen LogP contribution in [0.4, 0.5) is 0 Å². The van der Waals surface area contributed by atoms with E-state index in [-0.39, 0.29) is 0 Å². The van der Waals surface area contributed by atoms with Gasteiger partial charge in [0.25, 0.3) is 0 Å². The quantitative estimate of drug-likeness (QED) is 0.824. The smallest absolute Gasteiger partial charge is 0.218 e. The highest BCUT2D eigenvalue weighted by Gasteiger charge is 2.23. The van der Waals surface area contributed by atoms with E-state index in [4.69, 9.17) is 0 Å². The van der Waals surface area contributed by atoms with Crippen LogP contribution in [0.3, 0.4) is 0 Å². The number of nitrogens with one attached hydrogen (secondary N) is 1. The summed E-state index contributed by atoms with van der Waals surface area (Å²) in [5, 5.41) is -0.432. The standard InChI is InChI=1S/C8H12BrNO2S/c1-6-5-7(3-4-8(6)9)13(11,12)10-2/h4-5,7,10H,3H2,1-2H3. The Labute approximate surface area is 87.1 Å². The Balaban J connectivity index is 2.92. The topological polar surface area (TPSA) is 46.2 Å². The second kappa shape index (κ2) is 3.94. The van der Waals surface area contributed by atoms with Crippen molar-refractivity contribution >= 4 is 26.0 Å². The van der Waals surface area contributed by atoms with Gasteiger partial charge in [0.05, 0.1) is 5.25 Å². The number of rotatable bonds is 2.